The minimum atomic E-state index is -0.317. The Kier molecular flexibility index (Phi) is 3.81. The molecular weight excluding hydrogens is 273 g/mol. The normalized spacial score (nSPS) is 17.1. The monoisotopic (exact) mass is 289 g/mol. The van der Waals surface area contributed by atoms with Gasteiger partial charge in [-0.25, -0.2) is 18.9 Å². The smallest absolute Gasteiger partial charge is 0.315 e. The first kappa shape index (κ1) is 13.5. The molecule has 21 heavy (non-hydrogen) atoms. The third-order valence-electron chi connectivity index (χ3n) is 3.54. The Morgan fingerprint density at radius 2 is 2.29 bits per heavy atom. The maximum atomic E-state index is 13.4. The van der Waals surface area contributed by atoms with Crippen LogP contribution in [0.2, 0.25) is 0 Å². The SMILES string of the molecule is O=C(NCc1ccccc1F)NC1CCc2ncnn2C1. The van der Waals surface area contributed by atoms with Crippen molar-refractivity contribution >= 4 is 6.03 Å². The summed E-state index contributed by atoms with van der Waals surface area (Å²) in [5, 5.41) is 9.65. The van der Waals surface area contributed by atoms with Gasteiger partial charge in [-0.1, -0.05) is 18.2 Å². The molecule has 0 saturated heterocycles. The molecule has 0 saturated carbocycles. The summed E-state index contributed by atoms with van der Waals surface area (Å²) in [4.78, 5) is 16.0. The number of halogens is 1. The van der Waals surface area contributed by atoms with Crippen molar-refractivity contribution < 1.29 is 9.18 Å². The van der Waals surface area contributed by atoms with E-state index in [0.717, 1.165) is 18.7 Å². The summed E-state index contributed by atoms with van der Waals surface area (Å²) in [7, 11) is 0. The molecule has 0 spiro atoms. The van der Waals surface area contributed by atoms with Crippen LogP contribution in [0.15, 0.2) is 30.6 Å². The molecule has 6 nitrogen and oxygen atoms in total. The number of urea groups is 1. The second-order valence-corrected chi connectivity index (χ2v) is 5.01. The van der Waals surface area contributed by atoms with Crippen LogP contribution in [-0.2, 0) is 19.5 Å². The highest BCUT2D eigenvalue weighted by molar-refractivity contribution is 5.74. The van der Waals surface area contributed by atoms with Crippen molar-refractivity contribution in [1.82, 2.24) is 25.4 Å². The first-order valence-electron chi connectivity index (χ1n) is 6.87. The van der Waals surface area contributed by atoms with E-state index in [1.165, 1.54) is 12.4 Å². The molecule has 2 heterocycles. The Labute approximate surface area is 121 Å². The molecule has 0 fully saturated rings. The molecule has 1 aromatic heterocycles. The molecule has 0 aliphatic carbocycles. The maximum Gasteiger partial charge on any atom is 0.315 e. The molecule has 1 atom stereocenters. The predicted molar refractivity (Wildman–Crippen MR) is 73.9 cm³/mol. The number of carbonyl (C=O) groups excluding carboxylic acids is 1. The van der Waals surface area contributed by atoms with Gasteiger partial charge < -0.3 is 10.6 Å². The molecule has 2 amide bonds. The largest absolute Gasteiger partial charge is 0.334 e. The summed E-state index contributed by atoms with van der Waals surface area (Å²) < 4.78 is 15.2. The third kappa shape index (κ3) is 3.18. The topological polar surface area (TPSA) is 71.8 Å². The van der Waals surface area contributed by atoms with E-state index < -0.39 is 0 Å². The van der Waals surface area contributed by atoms with Crippen molar-refractivity contribution in [3.8, 4) is 0 Å². The molecular formula is C14H16FN5O. The summed E-state index contributed by atoms with van der Waals surface area (Å²) in [5.41, 5.74) is 0.467. The van der Waals surface area contributed by atoms with Gasteiger partial charge in [-0.05, 0) is 12.5 Å². The fourth-order valence-electron chi connectivity index (χ4n) is 2.41. The van der Waals surface area contributed by atoms with E-state index in [0.29, 0.717) is 12.1 Å². The zero-order valence-electron chi connectivity index (χ0n) is 11.4. The van der Waals surface area contributed by atoms with Gasteiger partial charge >= 0.3 is 6.03 Å². The summed E-state index contributed by atoms with van der Waals surface area (Å²) in [6.45, 7) is 0.780. The van der Waals surface area contributed by atoms with Gasteiger partial charge in [-0.2, -0.15) is 5.10 Å². The molecule has 2 N–H and O–H groups in total. The number of hydrogen-bond donors (Lipinski definition) is 2. The Morgan fingerprint density at radius 1 is 1.43 bits per heavy atom. The Balaban J connectivity index is 1.50. The molecule has 7 heteroatoms. The van der Waals surface area contributed by atoms with Gasteiger partial charge in [-0.15, -0.1) is 0 Å². The number of aryl methyl sites for hydroxylation is 1. The molecule has 110 valence electrons. The van der Waals surface area contributed by atoms with Gasteiger partial charge in [-0.3, -0.25) is 0 Å². The molecule has 1 aliphatic rings. The van der Waals surface area contributed by atoms with Crippen LogP contribution in [0, 0.1) is 5.82 Å². The number of nitrogens with zero attached hydrogens (tertiary/aromatic N) is 3. The predicted octanol–water partition coefficient (Wildman–Crippen LogP) is 1.23. The summed E-state index contributed by atoms with van der Waals surface area (Å²) in [6, 6.07) is 6.11. The van der Waals surface area contributed by atoms with Crippen LogP contribution in [0.1, 0.15) is 17.8 Å². The van der Waals surface area contributed by atoms with E-state index >= 15 is 0 Å². The zero-order chi connectivity index (χ0) is 14.7. The van der Waals surface area contributed by atoms with E-state index in [9.17, 15) is 9.18 Å². The highest BCUT2D eigenvalue weighted by Gasteiger charge is 2.21. The van der Waals surface area contributed by atoms with Gasteiger partial charge in [0.25, 0.3) is 0 Å². The maximum absolute atomic E-state index is 13.4. The van der Waals surface area contributed by atoms with E-state index in [1.54, 1.807) is 22.9 Å². The van der Waals surface area contributed by atoms with Crippen molar-refractivity contribution in [2.75, 3.05) is 0 Å². The van der Waals surface area contributed by atoms with Gasteiger partial charge in [0.1, 0.15) is 18.0 Å². The summed E-state index contributed by atoms with van der Waals surface area (Å²) >= 11 is 0. The van der Waals surface area contributed by atoms with Crippen LogP contribution >= 0.6 is 0 Å². The van der Waals surface area contributed by atoms with Crippen molar-refractivity contribution in [2.24, 2.45) is 0 Å². The van der Waals surface area contributed by atoms with Crippen LogP contribution in [-0.4, -0.2) is 26.8 Å². The van der Waals surface area contributed by atoms with Crippen LogP contribution in [0.5, 0.6) is 0 Å². The number of benzene rings is 1. The third-order valence-corrected chi connectivity index (χ3v) is 3.54. The number of hydrogen-bond acceptors (Lipinski definition) is 3. The first-order valence-corrected chi connectivity index (χ1v) is 6.87. The number of amides is 2. The van der Waals surface area contributed by atoms with Crippen molar-refractivity contribution in [2.45, 2.75) is 32.0 Å². The van der Waals surface area contributed by atoms with Crippen molar-refractivity contribution in [3.63, 3.8) is 0 Å². The highest BCUT2D eigenvalue weighted by atomic mass is 19.1. The van der Waals surface area contributed by atoms with Crippen molar-refractivity contribution in [1.29, 1.82) is 0 Å². The van der Waals surface area contributed by atoms with E-state index in [4.69, 9.17) is 0 Å². The average Bonchev–Trinajstić information content (AvgIpc) is 2.94. The number of fused-ring (bicyclic) bond motifs is 1. The second kappa shape index (κ2) is 5.90. The second-order valence-electron chi connectivity index (χ2n) is 5.01. The lowest BCUT2D eigenvalue weighted by molar-refractivity contribution is 0.231. The lowest BCUT2D eigenvalue weighted by Crippen LogP contribution is -2.45. The molecule has 1 aliphatic heterocycles. The Bertz CT molecular complexity index is 642. The molecule has 0 bridgehead atoms. The lowest BCUT2D eigenvalue weighted by Gasteiger charge is -2.23. The first-order chi connectivity index (χ1) is 10.2. The summed E-state index contributed by atoms with van der Waals surface area (Å²) in [5.74, 6) is 0.627. The van der Waals surface area contributed by atoms with Gasteiger partial charge in [0.2, 0.25) is 0 Å². The number of nitrogens with one attached hydrogen (secondary N) is 2. The van der Waals surface area contributed by atoms with Gasteiger partial charge in [0.15, 0.2) is 0 Å². The van der Waals surface area contributed by atoms with Gasteiger partial charge in [0, 0.05) is 18.5 Å². The van der Waals surface area contributed by atoms with E-state index in [-0.39, 0.29) is 24.4 Å². The average molecular weight is 289 g/mol. The molecule has 1 unspecified atom stereocenters. The van der Waals surface area contributed by atoms with Crippen LogP contribution in [0.4, 0.5) is 9.18 Å². The van der Waals surface area contributed by atoms with Crippen LogP contribution < -0.4 is 10.6 Å². The molecule has 3 rings (SSSR count). The lowest BCUT2D eigenvalue weighted by atomic mass is 10.1. The van der Waals surface area contributed by atoms with Gasteiger partial charge in [0.05, 0.1) is 12.6 Å². The fraction of sp³-hybridized carbons (Fsp3) is 0.357. The number of carbonyl (C=O) groups is 1. The number of aromatic nitrogens is 3. The fourth-order valence-corrected chi connectivity index (χ4v) is 2.41. The quantitative estimate of drug-likeness (QED) is 0.892. The molecule has 0 radical (unpaired) electrons. The standard InChI is InChI=1S/C14H16FN5O/c15-12-4-2-1-3-10(12)7-16-14(21)19-11-5-6-13-17-9-18-20(13)8-11/h1-4,9,11H,5-8H2,(H2,16,19,21). The minimum Gasteiger partial charge on any atom is -0.334 e. The Morgan fingerprint density at radius 3 is 3.14 bits per heavy atom. The van der Waals surface area contributed by atoms with Crippen LogP contribution in [0.25, 0.3) is 0 Å². The van der Waals surface area contributed by atoms with Crippen LogP contribution in [0.3, 0.4) is 0 Å². The minimum absolute atomic E-state index is 0.0137. The Hall–Kier alpha value is -2.44. The summed E-state index contributed by atoms with van der Waals surface area (Å²) in [6.07, 6.45) is 3.14. The zero-order valence-corrected chi connectivity index (χ0v) is 11.4. The number of rotatable bonds is 3. The van der Waals surface area contributed by atoms with Crippen molar-refractivity contribution in [3.05, 3.63) is 47.8 Å². The molecule has 2 aromatic rings. The van der Waals surface area contributed by atoms with E-state index in [1.807, 2.05) is 0 Å². The van der Waals surface area contributed by atoms with E-state index in [2.05, 4.69) is 20.7 Å². The molecule has 1 aromatic carbocycles. The highest BCUT2D eigenvalue weighted by Crippen LogP contribution is 2.11.